The van der Waals surface area contributed by atoms with Crippen molar-refractivity contribution in [3.8, 4) is 17.1 Å². The third kappa shape index (κ3) is 4.03. The van der Waals surface area contributed by atoms with Gasteiger partial charge in [0.2, 0.25) is 5.82 Å². The molecule has 0 unspecified atom stereocenters. The Bertz CT molecular complexity index is 951. The number of aryl methyl sites for hydroxylation is 1. The summed E-state index contributed by atoms with van der Waals surface area (Å²) in [6.07, 6.45) is 0. The van der Waals surface area contributed by atoms with Crippen LogP contribution >= 0.6 is 0 Å². The molecule has 1 heterocycles. The first-order valence-electron chi connectivity index (χ1n) is 8.58. The van der Waals surface area contributed by atoms with E-state index < -0.39 is 0 Å². The van der Waals surface area contributed by atoms with Crippen molar-refractivity contribution < 1.29 is 13.9 Å². The van der Waals surface area contributed by atoms with Crippen molar-refractivity contribution in [2.24, 2.45) is 0 Å². The lowest BCUT2D eigenvalue weighted by Crippen LogP contribution is -2.28. The summed E-state index contributed by atoms with van der Waals surface area (Å²) < 4.78 is 19.9. The first-order valence-corrected chi connectivity index (χ1v) is 8.58. The van der Waals surface area contributed by atoms with Crippen LogP contribution in [0, 0.1) is 19.7 Å². The Labute approximate surface area is 157 Å². The lowest BCUT2D eigenvalue weighted by Gasteiger charge is -2.11. The van der Waals surface area contributed by atoms with E-state index in [1.54, 1.807) is 23.9 Å². The van der Waals surface area contributed by atoms with Gasteiger partial charge in [-0.15, -0.1) is 5.10 Å². The average molecular weight is 368 g/mol. The van der Waals surface area contributed by atoms with E-state index in [1.165, 1.54) is 12.1 Å². The quantitative estimate of drug-likeness (QED) is 0.679. The molecule has 7 heteroatoms. The Balaban J connectivity index is 2.08. The van der Waals surface area contributed by atoms with Crippen LogP contribution in [-0.4, -0.2) is 40.9 Å². The molecule has 6 nitrogen and oxygen atoms in total. The van der Waals surface area contributed by atoms with E-state index in [2.05, 4.69) is 15.4 Å². The van der Waals surface area contributed by atoms with Crippen LogP contribution in [0.25, 0.3) is 17.1 Å². The van der Waals surface area contributed by atoms with Crippen molar-refractivity contribution in [2.45, 2.75) is 13.8 Å². The van der Waals surface area contributed by atoms with Gasteiger partial charge in [-0.25, -0.2) is 14.1 Å². The fourth-order valence-electron chi connectivity index (χ4n) is 2.67. The Morgan fingerprint density at radius 1 is 1.19 bits per heavy atom. The number of ether oxygens (including phenoxy) is 1. The minimum Gasteiger partial charge on any atom is -0.383 e. The molecular formula is C20H21FN4O2. The minimum atomic E-state index is -0.389. The highest BCUT2D eigenvalue weighted by atomic mass is 19.1. The highest BCUT2D eigenvalue weighted by Gasteiger charge is 2.19. The second kappa shape index (κ2) is 8.09. The van der Waals surface area contributed by atoms with Gasteiger partial charge in [0.25, 0.3) is 5.91 Å². The monoisotopic (exact) mass is 368 g/mol. The van der Waals surface area contributed by atoms with Gasteiger partial charge in [-0.3, -0.25) is 4.79 Å². The average Bonchev–Trinajstić information content (AvgIpc) is 3.10. The van der Waals surface area contributed by atoms with Crippen molar-refractivity contribution in [1.82, 2.24) is 20.1 Å². The zero-order chi connectivity index (χ0) is 19.4. The summed E-state index contributed by atoms with van der Waals surface area (Å²) in [5.74, 6) is -0.208. The van der Waals surface area contributed by atoms with E-state index >= 15 is 0 Å². The van der Waals surface area contributed by atoms with Crippen LogP contribution < -0.4 is 5.32 Å². The van der Waals surface area contributed by atoms with E-state index in [4.69, 9.17) is 4.74 Å². The van der Waals surface area contributed by atoms with Crippen molar-refractivity contribution in [2.75, 3.05) is 20.3 Å². The van der Waals surface area contributed by atoms with Crippen LogP contribution in [0.5, 0.6) is 0 Å². The molecule has 140 valence electrons. The van der Waals surface area contributed by atoms with Gasteiger partial charge in [0.05, 0.1) is 12.3 Å². The van der Waals surface area contributed by atoms with E-state index in [0.29, 0.717) is 24.5 Å². The van der Waals surface area contributed by atoms with Crippen LogP contribution in [0.1, 0.15) is 21.7 Å². The normalized spacial score (nSPS) is 10.8. The molecule has 0 radical (unpaired) electrons. The Kier molecular flexibility index (Phi) is 5.61. The Morgan fingerprint density at radius 2 is 1.93 bits per heavy atom. The molecule has 0 spiro atoms. The SMILES string of the molecule is COCCNC(=O)c1nc(-c2ccc(F)cc2)n(-c2cccc(C)c2C)n1. The third-order valence-corrected chi connectivity index (χ3v) is 4.31. The van der Waals surface area contributed by atoms with Gasteiger partial charge in [-0.1, -0.05) is 12.1 Å². The van der Waals surface area contributed by atoms with E-state index in [0.717, 1.165) is 16.8 Å². The summed E-state index contributed by atoms with van der Waals surface area (Å²) in [5.41, 5.74) is 3.61. The summed E-state index contributed by atoms with van der Waals surface area (Å²) in [6.45, 7) is 4.75. The number of rotatable bonds is 6. The number of nitrogens with one attached hydrogen (secondary N) is 1. The molecule has 3 rings (SSSR count). The summed E-state index contributed by atoms with van der Waals surface area (Å²) in [5, 5.41) is 7.14. The molecule has 0 saturated carbocycles. The number of nitrogens with zero attached hydrogens (tertiary/aromatic N) is 3. The molecule has 0 fully saturated rings. The van der Waals surface area contributed by atoms with Gasteiger partial charge in [0, 0.05) is 19.2 Å². The summed E-state index contributed by atoms with van der Waals surface area (Å²) in [7, 11) is 1.56. The molecule has 0 bridgehead atoms. The van der Waals surface area contributed by atoms with Gasteiger partial charge in [-0.05, 0) is 55.3 Å². The van der Waals surface area contributed by atoms with Crippen molar-refractivity contribution in [1.29, 1.82) is 0 Å². The maximum atomic E-state index is 13.3. The molecule has 0 aliphatic rings. The predicted molar refractivity (Wildman–Crippen MR) is 100 cm³/mol. The number of hydrogen-bond acceptors (Lipinski definition) is 4. The number of aromatic nitrogens is 3. The fourth-order valence-corrected chi connectivity index (χ4v) is 2.67. The molecular weight excluding hydrogens is 347 g/mol. The lowest BCUT2D eigenvalue weighted by atomic mass is 10.1. The number of halogens is 1. The van der Waals surface area contributed by atoms with Gasteiger partial charge in [0.15, 0.2) is 5.82 Å². The van der Waals surface area contributed by atoms with Crippen molar-refractivity contribution >= 4 is 5.91 Å². The van der Waals surface area contributed by atoms with Gasteiger partial charge in [0.1, 0.15) is 5.82 Å². The second-order valence-corrected chi connectivity index (χ2v) is 6.15. The van der Waals surface area contributed by atoms with E-state index in [9.17, 15) is 9.18 Å². The number of amides is 1. The highest BCUT2D eigenvalue weighted by molar-refractivity contribution is 5.91. The number of carbonyl (C=O) groups is 1. The molecule has 1 amide bonds. The van der Waals surface area contributed by atoms with Crippen molar-refractivity contribution in [3.05, 3.63) is 65.2 Å². The van der Waals surface area contributed by atoms with Crippen LogP contribution in [0.2, 0.25) is 0 Å². The third-order valence-electron chi connectivity index (χ3n) is 4.31. The standard InChI is InChI=1S/C20H21FN4O2/c1-13-5-4-6-17(14(13)2)25-19(15-7-9-16(21)10-8-15)23-18(24-25)20(26)22-11-12-27-3/h4-10H,11-12H2,1-3H3,(H,22,26). The topological polar surface area (TPSA) is 69.0 Å². The van der Waals surface area contributed by atoms with E-state index in [-0.39, 0.29) is 17.5 Å². The van der Waals surface area contributed by atoms with Gasteiger partial charge >= 0.3 is 0 Å². The molecule has 1 N–H and O–H groups in total. The molecule has 3 aromatic rings. The van der Waals surface area contributed by atoms with Crippen LogP contribution in [0.15, 0.2) is 42.5 Å². The number of methoxy groups -OCH3 is 1. The van der Waals surface area contributed by atoms with Gasteiger partial charge in [-0.2, -0.15) is 0 Å². The molecule has 1 aromatic heterocycles. The first-order chi connectivity index (χ1) is 13.0. The first kappa shape index (κ1) is 18.7. The Morgan fingerprint density at radius 3 is 2.63 bits per heavy atom. The van der Waals surface area contributed by atoms with Crippen LogP contribution in [0.4, 0.5) is 4.39 Å². The minimum absolute atomic E-state index is 0.0475. The highest BCUT2D eigenvalue weighted by Crippen LogP contribution is 2.24. The molecule has 0 aliphatic heterocycles. The summed E-state index contributed by atoms with van der Waals surface area (Å²) in [4.78, 5) is 16.8. The smallest absolute Gasteiger partial charge is 0.291 e. The maximum absolute atomic E-state index is 13.3. The number of carbonyl (C=O) groups excluding carboxylic acids is 1. The van der Waals surface area contributed by atoms with Crippen LogP contribution in [0.3, 0.4) is 0 Å². The van der Waals surface area contributed by atoms with Crippen LogP contribution in [-0.2, 0) is 4.74 Å². The van der Waals surface area contributed by atoms with Gasteiger partial charge < -0.3 is 10.1 Å². The zero-order valence-electron chi connectivity index (χ0n) is 15.5. The molecule has 0 saturated heterocycles. The maximum Gasteiger partial charge on any atom is 0.291 e. The largest absolute Gasteiger partial charge is 0.383 e. The molecule has 0 aliphatic carbocycles. The second-order valence-electron chi connectivity index (χ2n) is 6.15. The predicted octanol–water partition coefficient (Wildman–Crippen LogP) is 3.07. The number of hydrogen-bond donors (Lipinski definition) is 1. The molecule has 0 atom stereocenters. The zero-order valence-corrected chi connectivity index (χ0v) is 15.5. The Hall–Kier alpha value is -3.06. The van der Waals surface area contributed by atoms with E-state index in [1.807, 2.05) is 32.0 Å². The summed E-state index contributed by atoms with van der Waals surface area (Å²) >= 11 is 0. The lowest BCUT2D eigenvalue weighted by molar-refractivity contribution is 0.0927. The summed E-state index contributed by atoms with van der Waals surface area (Å²) in [6, 6.07) is 11.8. The molecule has 27 heavy (non-hydrogen) atoms. The fraction of sp³-hybridized carbons (Fsp3) is 0.250. The number of benzene rings is 2. The van der Waals surface area contributed by atoms with Crippen molar-refractivity contribution in [3.63, 3.8) is 0 Å². The molecule has 2 aromatic carbocycles.